The average molecular weight is 356 g/mol. The number of benzene rings is 2. The minimum absolute atomic E-state index is 0.114. The number of hydrogen-bond acceptors (Lipinski definition) is 2. The molecular weight excluding hydrogens is 342 g/mol. The van der Waals surface area contributed by atoms with Gasteiger partial charge in [-0.2, -0.15) is 0 Å². The van der Waals surface area contributed by atoms with E-state index in [1.807, 2.05) is 53.4 Å². The third kappa shape index (κ3) is 2.31. The van der Waals surface area contributed by atoms with Gasteiger partial charge in [-0.1, -0.05) is 28.1 Å². The molecule has 0 aliphatic carbocycles. The van der Waals surface area contributed by atoms with Crippen molar-refractivity contribution in [3.63, 3.8) is 0 Å². The Kier molecular flexibility index (Phi) is 3.22. The molecule has 2 heterocycles. The van der Waals surface area contributed by atoms with Crippen molar-refractivity contribution in [1.82, 2.24) is 9.97 Å². The Morgan fingerprint density at radius 1 is 1.14 bits per heavy atom. The number of aromatic nitrogens is 2. The highest BCUT2D eigenvalue weighted by molar-refractivity contribution is 9.10. The molecule has 5 heteroatoms. The van der Waals surface area contributed by atoms with Crippen LogP contribution in [0.15, 0.2) is 53.0 Å². The fourth-order valence-electron chi connectivity index (χ4n) is 2.93. The molecule has 0 bridgehead atoms. The Bertz CT molecular complexity index is 807. The molecule has 1 unspecified atom stereocenters. The quantitative estimate of drug-likeness (QED) is 0.758. The van der Waals surface area contributed by atoms with Gasteiger partial charge in [0.15, 0.2) is 0 Å². The van der Waals surface area contributed by atoms with E-state index in [1.54, 1.807) is 0 Å². The summed E-state index contributed by atoms with van der Waals surface area (Å²) in [5.74, 6) is 1.16. The van der Waals surface area contributed by atoms with Crippen LogP contribution in [0.25, 0.3) is 11.0 Å². The van der Waals surface area contributed by atoms with Crippen molar-refractivity contribution in [2.24, 2.45) is 0 Å². The van der Waals surface area contributed by atoms with E-state index in [-0.39, 0.29) is 11.8 Å². The minimum Gasteiger partial charge on any atom is -0.342 e. The molecule has 1 fully saturated rings. The molecule has 1 atom stereocenters. The monoisotopic (exact) mass is 355 g/mol. The Morgan fingerprint density at radius 3 is 2.68 bits per heavy atom. The summed E-state index contributed by atoms with van der Waals surface area (Å²) >= 11 is 3.42. The lowest BCUT2D eigenvalue weighted by molar-refractivity contribution is -0.117. The Balaban J connectivity index is 1.62. The molecule has 22 heavy (non-hydrogen) atoms. The smallest absolute Gasteiger partial charge is 0.227 e. The number of carbonyl (C=O) groups excluding carboxylic acids is 1. The number of H-pyrrole nitrogens is 1. The van der Waals surface area contributed by atoms with Gasteiger partial charge in [-0.25, -0.2) is 4.98 Å². The number of imidazole rings is 1. The topological polar surface area (TPSA) is 49.0 Å². The number of anilines is 1. The molecule has 1 aromatic heterocycles. The van der Waals surface area contributed by atoms with Crippen LogP contribution in [0.5, 0.6) is 0 Å². The molecule has 1 amide bonds. The highest BCUT2D eigenvalue weighted by Gasteiger charge is 2.33. The van der Waals surface area contributed by atoms with Gasteiger partial charge in [-0.3, -0.25) is 4.79 Å². The van der Waals surface area contributed by atoms with Crippen LogP contribution in [0.1, 0.15) is 18.2 Å². The molecule has 1 aliphatic rings. The number of hydrogen-bond donors (Lipinski definition) is 1. The van der Waals surface area contributed by atoms with Gasteiger partial charge in [0.2, 0.25) is 5.91 Å². The van der Waals surface area contributed by atoms with Crippen LogP contribution in [0, 0.1) is 0 Å². The second-order valence-corrected chi connectivity index (χ2v) is 6.44. The molecule has 4 rings (SSSR count). The first kappa shape index (κ1) is 13.5. The van der Waals surface area contributed by atoms with Gasteiger partial charge >= 0.3 is 0 Å². The standard InChI is InChI=1S/C17H14BrN3O/c18-12-5-7-13(8-6-12)21-10-11(9-16(21)22)17-19-14-3-1-2-4-15(14)20-17/h1-8,11H,9-10H2,(H,19,20). The van der Waals surface area contributed by atoms with E-state index in [9.17, 15) is 4.79 Å². The van der Waals surface area contributed by atoms with E-state index in [0.29, 0.717) is 13.0 Å². The predicted molar refractivity (Wildman–Crippen MR) is 89.9 cm³/mol. The number of fused-ring (bicyclic) bond motifs is 1. The Hall–Kier alpha value is -2.14. The summed E-state index contributed by atoms with van der Waals surface area (Å²) in [5, 5.41) is 0. The van der Waals surface area contributed by atoms with Crippen molar-refractivity contribution in [2.75, 3.05) is 11.4 Å². The van der Waals surface area contributed by atoms with Crippen LogP contribution in [0.4, 0.5) is 5.69 Å². The van der Waals surface area contributed by atoms with Crippen LogP contribution in [-0.4, -0.2) is 22.4 Å². The first-order chi connectivity index (χ1) is 10.7. The zero-order chi connectivity index (χ0) is 15.1. The highest BCUT2D eigenvalue weighted by Crippen LogP contribution is 2.31. The van der Waals surface area contributed by atoms with Crippen LogP contribution < -0.4 is 4.90 Å². The van der Waals surface area contributed by atoms with Crippen LogP contribution >= 0.6 is 15.9 Å². The van der Waals surface area contributed by atoms with E-state index in [1.165, 1.54) is 0 Å². The van der Waals surface area contributed by atoms with Crippen molar-refractivity contribution < 1.29 is 4.79 Å². The van der Waals surface area contributed by atoms with Crippen molar-refractivity contribution in [3.05, 3.63) is 58.8 Å². The van der Waals surface area contributed by atoms with Crippen LogP contribution in [-0.2, 0) is 4.79 Å². The van der Waals surface area contributed by atoms with Gasteiger partial charge in [0.05, 0.1) is 11.0 Å². The molecule has 110 valence electrons. The molecule has 2 aromatic carbocycles. The lowest BCUT2D eigenvalue weighted by Crippen LogP contribution is -2.24. The number of para-hydroxylation sites is 2. The van der Waals surface area contributed by atoms with E-state index < -0.39 is 0 Å². The van der Waals surface area contributed by atoms with Crippen molar-refractivity contribution in [3.8, 4) is 0 Å². The number of nitrogens with one attached hydrogen (secondary N) is 1. The fourth-order valence-corrected chi connectivity index (χ4v) is 3.19. The minimum atomic E-state index is 0.114. The van der Waals surface area contributed by atoms with Gasteiger partial charge in [0, 0.05) is 29.0 Å². The highest BCUT2D eigenvalue weighted by atomic mass is 79.9. The Labute approximate surface area is 136 Å². The number of aromatic amines is 1. The molecule has 0 radical (unpaired) electrons. The number of amides is 1. The molecule has 1 aliphatic heterocycles. The molecule has 0 spiro atoms. The van der Waals surface area contributed by atoms with Crippen molar-refractivity contribution >= 4 is 38.6 Å². The van der Waals surface area contributed by atoms with Crippen molar-refractivity contribution in [2.45, 2.75) is 12.3 Å². The number of halogens is 1. The van der Waals surface area contributed by atoms with Gasteiger partial charge in [-0.05, 0) is 36.4 Å². The lowest BCUT2D eigenvalue weighted by atomic mass is 10.1. The molecule has 0 saturated carbocycles. The average Bonchev–Trinajstić information content (AvgIpc) is 3.11. The van der Waals surface area contributed by atoms with E-state index >= 15 is 0 Å². The number of rotatable bonds is 2. The second kappa shape index (κ2) is 5.25. The van der Waals surface area contributed by atoms with E-state index in [2.05, 4.69) is 25.9 Å². The number of nitrogens with zero attached hydrogens (tertiary/aromatic N) is 2. The summed E-state index contributed by atoms with van der Waals surface area (Å²) in [6, 6.07) is 15.8. The summed E-state index contributed by atoms with van der Waals surface area (Å²) in [7, 11) is 0. The fraction of sp³-hybridized carbons (Fsp3) is 0.176. The molecule has 3 aromatic rings. The zero-order valence-electron chi connectivity index (χ0n) is 11.8. The van der Waals surface area contributed by atoms with E-state index in [4.69, 9.17) is 0 Å². The van der Waals surface area contributed by atoms with Crippen LogP contribution in [0.3, 0.4) is 0 Å². The van der Waals surface area contributed by atoms with E-state index in [0.717, 1.165) is 27.0 Å². The maximum atomic E-state index is 12.3. The first-order valence-electron chi connectivity index (χ1n) is 7.21. The van der Waals surface area contributed by atoms with Gasteiger partial charge in [-0.15, -0.1) is 0 Å². The summed E-state index contributed by atoms with van der Waals surface area (Å²) in [4.78, 5) is 22.1. The predicted octanol–water partition coefficient (Wildman–Crippen LogP) is 3.85. The first-order valence-corrected chi connectivity index (χ1v) is 8.00. The largest absolute Gasteiger partial charge is 0.342 e. The maximum Gasteiger partial charge on any atom is 0.227 e. The lowest BCUT2D eigenvalue weighted by Gasteiger charge is -2.16. The molecule has 1 saturated heterocycles. The summed E-state index contributed by atoms with van der Waals surface area (Å²) in [6.45, 7) is 0.667. The van der Waals surface area contributed by atoms with Gasteiger partial charge < -0.3 is 9.88 Å². The molecule has 4 nitrogen and oxygen atoms in total. The third-order valence-electron chi connectivity index (χ3n) is 4.06. The molecule has 1 N–H and O–H groups in total. The van der Waals surface area contributed by atoms with Gasteiger partial charge in [0.25, 0.3) is 0 Å². The normalized spacial score (nSPS) is 18.3. The molecular formula is C17H14BrN3O. The van der Waals surface area contributed by atoms with Crippen molar-refractivity contribution in [1.29, 1.82) is 0 Å². The third-order valence-corrected chi connectivity index (χ3v) is 4.59. The summed E-state index contributed by atoms with van der Waals surface area (Å²) in [6.07, 6.45) is 0.496. The summed E-state index contributed by atoms with van der Waals surface area (Å²) < 4.78 is 1.01. The second-order valence-electron chi connectivity index (χ2n) is 5.52. The maximum absolute atomic E-state index is 12.3. The summed E-state index contributed by atoms with van der Waals surface area (Å²) in [5.41, 5.74) is 2.91. The number of carbonyl (C=O) groups is 1. The Morgan fingerprint density at radius 2 is 1.91 bits per heavy atom. The zero-order valence-corrected chi connectivity index (χ0v) is 13.4. The SMILES string of the molecule is O=C1CC(c2nc3ccccc3[nH]2)CN1c1ccc(Br)cc1. The van der Waals surface area contributed by atoms with Gasteiger partial charge in [0.1, 0.15) is 5.82 Å². The van der Waals surface area contributed by atoms with Crippen LogP contribution in [0.2, 0.25) is 0 Å².